The van der Waals surface area contributed by atoms with Crippen LogP contribution < -0.4 is 14.8 Å². The Morgan fingerprint density at radius 3 is 2.42 bits per heavy atom. The molecule has 26 heavy (non-hydrogen) atoms. The van der Waals surface area contributed by atoms with Gasteiger partial charge in [-0.3, -0.25) is 9.59 Å². The van der Waals surface area contributed by atoms with E-state index in [1.165, 1.54) is 4.90 Å². The van der Waals surface area contributed by atoms with Crippen LogP contribution in [-0.2, 0) is 16.0 Å². The van der Waals surface area contributed by atoms with Gasteiger partial charge in [0.05, 0.1) is 7.11 Å². The molecule has 0 aromatic heterocycles. The van der Waals surface area contributed by atoms with Crippen molar-refractivity contribution in [2.75, 3.05) is 33.1 Å². The van der Waals surface area contributed by atoms with Crippen LogP contribution in [0.2, 0.25) is 0 Å². The van der Waals surface area contributed by atoms with Gasteiger partial charge >= 0.3 is 0 Å². The molecule has 0 aliphatic carbocycles. The SMILES string of the molecule is COc1cccc(CCC(=O)Nc2ccc(OCC(=O)N(C)C)cc2)c1. The number of anilines is 1. The number of carbonyl (C=O) groups excluding carboxylic acids is 2. The minimum absolute atomic E-state index is 0.0146. The summed E-state index contributed by atoms with van der Waals surface area (Å²) in [6.07, 6.45) is 1.01. The van der Waals surface area contributed by atoms with Crippen molar-refractivity contribution < 1.29 is 19.1 Å². The number of rotatable bonds is 8. The second-order valence-electron chi connectivity index (χ2n) is 6.00. The third kappa shape index (κ3) is 6.12. The van der Waals surface area contributed by atoms with Crippen LogP contribution in [0, 0.1) is 0 Å². The second kappa shape index (κ2) is 9.46. The monoisotopic (exact) mass is 356 g/mol. The molecule has 0 bridgehead atoms. The van der Waals surface area contributed by atoms with Gasteiger partial charge in [-0.25, -0.2) is 0 Å². The summed E-state index contributed by atoms with van der Waals surface area (Å²) in [5.41, 5.74) is 1.74. The lowest BCUT2D eigenvalue weighted by Gasteiger charge is -2.12. The quantitative estimate of drug-likeness (QED) is 0.790. The van der Waals surface area contributed by atoms with E-state index in [2.05, 4.69) is 5.32 Å². The maximum absolute atomic E-state index is 12.1. The number of nitrogens with one attached hydrogen (secondary N) is 1. The molecule has 0 aliphatic rings. The number of amides is 2. The molecule has 1 N–H and O–H groups in total. The predicted octanol–water partition coefficient (Wildman–Crippen LogP) is 2.73. The topological polar surface area (TPSA) is 67.9 Å². The normalized spacial score (nSPS) is 10.1. The molecule has 6 nitrogen and oxygen atoms in total. The van der Waals surface area contributed by atoms with Gasteiger partial charge in [0.2, 0.25) is 5.91 Å². The summed E-state index contributed by atoms with van der Waals surface area (Å²) in [5.74, 6) is 1.19. The molecule has 0 aliphatic heterocycles. The molecular weight excluding hydrogens is 332 g/mol. The number of nitrogens with zero attached hydrogens (tertiary/aromatic N) is 1. The van der Waals surface area contributed by atoms with Crippen molar-refractivity contribution in [3.8, 4) is 11.5 Å². The Balaban J connectivity index is 1.80. The van der Waals surface area contributed by atoms with Crippen molar-refractivity contribution in [3.63, 3.8) is 0 Å². The fourth-order valence-electron chi connectivity index (χ4n) is 2.22. The number of likely N-dealkylation sites (N-methyl/N-ethyl adjacent to an activating group) is 1. The maximum Gasteiger partial charge on any atom is 0.259 e. The van der Waals surface area contributed by atoms with E-state index in [4.69, 9.17) is 9.47 Å². The van der Waals surface area contributed by atoms with Crippen molar-refractivity contribution in [2.45, 2.75) is 12.8 Å². The van der Waals surface area contributed by atoms with Crippen LogP contribution in [0.1, 0.15) is 12.0 Å². The van der Waals surface area contributed by atoms with E-state index in [0.29, 0.717) is 24.3 Å². The van der Waals surface area contributed by atoms with Crippen molar-refractivity contribution in [1.29, 1.82) is 0 Å². The Morgan fingerprint density at radius 1 is 1.04 bits per heavy atom. The van der Waals surface area contributed by atoms with Gasteiger partial charge in [-0.15, -0.1) is 0 Å². The fourth-order valence-corrected chi connectivity index (χ4v) is 2.22. The first-order valence-electron chi connectivity index (χ1n) is 8.33. The molecule has 0 atom stereocenters. The van der Waals surface area contributed by atoms with E-state index in [1.54, 1.807) is 45.5 Å². The number of methoxy groups -OCH3 is 1. The molecule has 2 amide bonds. The first kappa shape index (κ1) is 19.3. The Bertz CT molecular complexity index is 742. The van der Waals surface area contributed by atoms with Crippen LogP contribution in [0.3, 0.4) is 0 Å². The molecule has 6 heteroatoms. The van der Waals surface area contributed by atoms with Gasteiger partial charge in [-0.05, 0) is 48.4 Å². The summed E-state index contributed by atoms with van der Waals surface area (Å²) in [4.78, 5) is 25.1. The van der Waals surface area contributed by atoms with Crippen LogP contribution in [0.15, 0.2) is 48.5 Å². The zero-order valence-corrected chi connectivity index (χ0v) is 15.3. The van der Waals surface area contributed by atoms with Gasteiger partial charge in [-0.1, -0.05) is 12.1 Å². The van der Waals surface area contributed by atoms with E-state index in [1.807, 2.05) is 24.3 Å². The zero-order chi connectivity index (χ0) is 18.9. The Labute approximate surface area is 153 Å². The third-order valence-corrected chi connectivity index (χ3v) is 3.77. The molecule has 0 saturated heterocycles. The van der Waals surface area contributed by atoms with Crippen LogP contribution in [0.4, 0.5) is 5.69 Å². The Kier molecular flexibility index (Phi) is 7.02. The second-order valence-corrected chi connectivity index (χ2v) is 6.00. The highest BCUT2D eigenvalue weighted by Gasteiger charge is 2.06. The number of aryl methyl sites for hydroxylation is 1. The molecule has 2 aromatic rings. The van der Waals surface area contributed by atoms with Crippen molar-refractivity contribution >= 4 is 17.5 Å². The van der Waals surface area contributed by atoms with E-state index in [0.717, 1.165) is 11.3 Å². The standard InChI is InChI=1S/C20H24N2O4/c1-22(2)20(24)14-26-17-10-8-16(9-11-17)21-19(23)12-7-15-5-4-6-18(13-15)25-3/h4-6,8-11,13H,7,12,14H2,1-3H3,(H,21,23). The number of ether oxygens (including phenoxy) is 2. The van der Waals surface area contributed by atoms with Gasteiger partial charge in [-0.2, -0.15) is 0 Å². The highest BCUT2D eigenvalue weighted by molar-refractivity contribution is 5.90. The van der Waals surface area contributed by atoms with Crippen LogP contribution in [-0.4, -0.2) is 44.5 Å². The maximum atomic E-state index is 12.1. The number of carbonyl (C=O) groups is 2. The molecule has 0 radical (unpaired) electrons. The van der Waals surface area contributed by atoms with Gasteiger partial charge in [0.15, 0.2) is 6.61 Å². The molecule has 0 spiro atoms. The van der Waals surface area contributed by atoms with Gasteiger partial charge in [0, 0.05) is 26.2 Å². The molecule has 2 aromatic carbocycles. The Hall–Kier alpha value is -3.02. The summed E-state index contributed by atoms with van der Waals surface area (Å²) < 4.78 is 10.6. The first-order valence-corrected chi connectivity index (χ1v) is 8.33. The third-order valence-electron chi connectivity index (χ3n) is 3.77. The molecule has 2 rings (SSSR count). The summed E-state index contributed by atoms with van der Waals surface area (Å²) in [7, 11) is 4.97. The van der Waals surface area contributed by atoms with Crippen molar-refractivity contribution in [3.05, 3.63) is 54.1 Å². The van der Waals surface area contributed by atoms with E-state index in [9.17, 15) is 9.59 Å². The summed E-state index contributed by atoms with van der Waals surface area (Å²) in [5, 5.41) is 2.85. The van der Waals surface area contributed by atoms with Crippen molar-refractivity contribution in [2.24, 2.45) is 0 Å². The van der Waals surface area contributed by atoms with Crippen LogP contribution >= 0.6 is 0 Å². The van der Waals surface area contributed by atoms with E-state index < -0.39 is 0 Å². The lowest BCUT2D eigenvalue weighted by atomic mass is 10.1. The lowest BCUT2D eigenvalue weighted by Crippen LogP contribution is -2.27. The molecule has 138 valence electrons. The Morgan fingerprint density at radius 2 is 1.77 bits per heavy atom. The lowest BCUT2D eigenvalue weighted by molar-refractivity contribution is -0.130. The molecule has 0 unspecified atom stereocenters. The van der Waals surface area contributed by atoms with Gasteiger partial charge in [0.25, 0.3) is 5.91 Å². The minimum atomic E-state index is -0.111. The molecule has 0 saturated carbocycles. The van der Waals surface area contributed by atoms with Crippen LogP contribution in [0.25, 0.3) is 0 Å². The molecule has 0 fully saturated rings. The average Bonchev–Trinajstić information content (AvgIpc) is 2.65. The fraction of sp³-hybridized carbons (Fsp3) is 0.300. The largest absolute Gasteiger partial charge is 0.497 e. The number of hydrogen-bond donors (Lipinski definition) is 1. The van der Waals surface area contributed by atoms with Gasteiger partial charge < -0.3 is 19.7 Å². The average molecular weight is 356 g/mol. The van der Waals surface area contributed by atoms with E-state index in [-0.39, 0.29) is 18.4 Å². The summed E-state index contributed by atoms with van der Waals surface area (Å²) in [6, 6.07) is 14.6. The first-order chi connectivity index (χ1) is 12.5. The van der Waals surface area contributed by atoms with Gasteiger partial charge in [0.1, 0.15) is 11.5 Å². The molecular formula is C20H24N2O4. The highest BCUT2D eigenvalue weighted by atomic mass is 16.5. The number of hydrogen-bond acceptors (Lipinski definition) is 4. The minimum Gasteiger partial charge on any atom is -0.497 e. The molecule has 0 heterocycles. The van der Waals surface area contributed by atoms with E-state index >= 15 is 0 Å². The van der Waals surface area contributed by atoms with Crippen LogP contribution in [0.5, 0.6) is 11.5 Å². The highest BCUT2D eigenvalue weighted by Crippen LogP contribution is 2.17. The number of benzene rings is 2. The summed E-state index contributed by atoms with van der Waals surface area (Å²) >= 11 is 0. The summed E-state index contributed by atoms with van der Waals surface area (Å²) in [6.45, 7) is -0.0146. The zero-order valence-electron chi connectivity index (χ0n) is 15.3. The smallest absolute Gasteiger partial charge is 0.259 e. The van der Waals surface area contributed by atoms with Crippen molar-refractivity contribution in [1.82, 2.24) is 4.90 Å². The predicted molar refractivity (Wildman–Crippen MR) is 101 cm³/mol.